The molecule has 2 rings (SSSR count). The summed E-state index contributed by atoms with van der Waals surface area (Å²) in [4.78, 5) is 0.694. The number of benzene rings is 1. The first-order valence-electron chi connectivity index (χ1n) is 5.02. The highest BCUT2D eigenvalue weighted by atomic mass is 79.9. The van der Waals surface area contributed by atoms with Crippen molar-refractivity contribution in [1.82, 2.24) is 0 Å². The number of rotatable bonds is 2. The van der Waals surface area contributed by atoms with Crippen LogP contribution in [0.2, 0.25) is 0 Å². The average Bonchev–Trinajstić information content (AvgIpc) is 2.59. The molecule has 0 saturated heterocycles. The zero-order valence-corrected chi connectivity index (χ0v) is 9.55. The van der Waals surface area contributed by atoms with E-state index in [1.807, 2.05) is 0 Å². The van der Waals surface area contributed by atoms with Crippen LogP contribution >= 0.6 is 15.9 Å². The lowest BCUT2D eigenvalue weighted by atomic mass is 10.0. The summed E-state index contributed by atoms with van der Waals surface area (Å²) < 4.78 is 0. The molecule has 0 amide bonds. The largest absolute Gasteiger partial charge is 0.0888 e. The van der Waals surface area contributed by atoms with Crippen molar-refractivity contribution >= 4 is 15.9 Å². The smallest absolute Gasteiger partial charge is 0.0177 e. The van der Waals surface area contributed by atoms with E-state index in [1.165, 1.54) is 19.3 Å². The summed E-state index contributed by atoms with van der Waals surface area (Å²) >= 11 is 3.76. The van der Waals surface area contributed by atoms with Crippen LogP contribution in [0.3, 0.4) is 0 Å². The Kier molecular flexibility index (Phi) is 2.73. The summed E-state index contributed by atoms with van der Waals surface area (Å²) in [7, 11) is 0. The maximum atomic E-state index is 3.76. The molecule has 0 aliphatic heterocycles. The van der Waals surface area contributed by atoms with Crippen molar-refractivity contribution in [3.8, 4) is 0 Å². The molecule has 0 bridgehead atoms. The van der Waals surface area contributed by atoms with E-state index < -0.39 is 0 Å². The second-order valence-corrected chi connectivity index (χ2v) is 5.04. The van der Waals surface area contributed by atoms with E-state index >= 15 is 0 Å². The second-order valence-electron chi connectivity index (χ2n) is 3.86. The summed E-state index contributed by atoms with van der Waals surface area (Å²) in [6.45, 7) is 2.25. The van der Waals surface area contributed by atoms with Gasteiger partial charge in [-0.2, -0.15) is 0 Å². The molecular weight excluding hydrogens is 224 g/mol. The monoisotopic (exact) mass is 238 g/mol. The Morgan fingerprint density at radius 1 is 1.31 bits per heavy atom. The van der Waals surface area contributed by atoms with Gasteiger partial charge in [-0.3, -0.25) is 0 Å². The van der Waals surface area contributed by atoms with Gasteiger partial charge in [0.1, 0.15) is 0 Å². The van der Waals surface area contributed by atoms with E-state index in [4.69, 9.17) is 0 Å². The normalized spacial score (nSPS) is 18.6. The van der Waals surface area contributed by atoms with Gasteiger partial charge in [0, 0.05) is 4.83 Å². The molecule has 1 heteroatoms. The number of halogens is 1. The van der Waals surface area contributed by atoms with Crippen LogP contribution in [-0.2, 0) is 12.8 Å². The van der Waals surface area contributed by atoms with E-state index in [0.29, 0.717) is 4.83 Å². The minimum Gasteiger partial charge on any atom is -0.0888 e. The molecule has 0 N–H and O–H groups in total. The first-order chi connectivity index (χ1) is 6.31. The van der Waals surface area contributed by atoms with Gasteiger partial charge in [0.25, 0.3) is 0 Å². The van der Waals surface area contributed by atoms with E-state index in [-0.39, 0.29) is 0 Å². The molecule has 0 saturated carbocycles. The van der Waals surface area contributed by atoms with Gasteiger partial charge < -0.3 is 0 Å². The van der Waals surface area contributed by atoms with E-state index in [9.17, 15) is 0 Å². The van der Waals surface area contributed by atoms with Gasteiger partial charge in [0.05, 0.1) is 0 Å². The Morgan fingerprint density at radius 3 is 2.31 bits per heavy atom. The zero-order chi connectivity index (χ0) is 9.26. The van der Waals surface area contributed by atoms with Crippen molar-refractivity contribution in [1.29, 1.82) is 0 Å². The third kappa shape index (κ3) is 1.80. The SMILES string of the molecule is CCC(Br)C1Cc2ccccc2C1. The van der Waals surface area contributed by atoms with Crippen molar-refractivity contribution in [3.05, 3.63) is 35.4 Å². The van der Waals surface area contributed by atoms with Gasteiger partial charge in [-0.05, 0) is 36.3 Å². The number of fused-ring (bicyclic) bond motifs is 1. The summed E-state index contributed by atoms with van der Waals surface area (Å²) in [6.07, 6.45) is 3.76. The first-order valence-corrected chi connectivity index (χ1v) is 5.93. The summed E-state index contributed by atoms with van der Waals surface area (Å²) in [5.41, 5.74) is 3.12. The molecule has 70 valence electrons. The maximum absolute atomic E-state index is 3.76. The molecular formula is C12H15Br. The molecule has 0 fully saturated rings. The molecule has 1 atom stereocenters. The van der Waals surface area contributed by atoms with E-state index in [0.717, 1.165) is 5.92 Å². The molecule has 1 aliphatic rings. The zero-order valence-electron chi connectivity index (χ0n) is 7.96. The summed E-state index contributed by atoms with van der Waals surface area (Å²) in [6, 6.07) is 8.84. The molecule has 1 unspecified atom stereocenters. The standard InChI is InChI=1S/C12H15Br/c1-2-12(13)11-7-9-5-3-4-6-10(9)8-11/h3-6,11-12H,2,7-8H2,1H3. The lowest BCUT2D eigenvalue weighted by Crippen LogP contribution is -2.13. The topological polar surface area (TPSA) is 0 Å². The molecule has 0 heterocycles. The Labute approximate surface area is 88.5 Å². The van der Waals surface area contributed by atoms with Gasteiger partial charge in [0.15, 0.2) is 0 Å². The van der Waals surface area contributed by atoms with Gasteiger partial charge in [-0.1, -0.05) is 47.1 Å². The van der Waals surface area contributed by atoms with Gasteiger partial charge in [-0.15, -0.1) is 0 Å². The average molecular weight is 239 g/mol. The van der Waals surface area contributed by atoms with Crippen molar-refractivity contribution in [2.45, 2.75) is 31.0 Å². The molecule has 1 aromatic carbocycles. The minimum atomic E-state index is 0.694. The van der Waals surface area contributed by atoms with Crippen molar-refractivity contribution in [3.63, 3.8) is 0 Å². The highest BCUT2D eigenvalue weighted by Crippen LogP contribution is 2.32. The molecule has 1 aromatic rings. The van der Waals surface area contributed by atoms with Crippen LogP contribution in [0.4, 0.5) is 0 Å². The van der Waals surface area contributed by atoms with E-state index in [2.05, 4.69) is 47.1 Å². The number of hydrogen-bond donors (Lipinski definition) is 0. The lowest BCUT2D eigenvalue weighted by Gasteiger charge is -2.14. The van der Waals surface area contributed by atoms with Crippen LogP contribution in [0.15, 0.2) is 24.3 Å². The van der Waals surface area contributed by atoms with Crippen LogP contribution in [0.5, 0.6) is 0 Å². The molecule has 0 nitrogen and oxygen atoms in total. The quantitative estimate of drug-likeness (QED) is 0.692. The van der Waals surface area contributed by atoms with Crippen LogP contribution in [0.25, 0.3) is 0 Å². The predicted molar refractivity (Wildman–Crippen MR) is 60.3 cm³/mol. The van der Waals surface area contributed by atoms with Crippen molar-refractivity contribution in [2.24, 2.45) is 5.92 Å². The third-order valence-corrected chi connectivity index (χ3v) is 4.38. The predicted octanol–water partition coefficient (Wildman–Crippen LogP) is 3.57. The fraction of sp³-hybridized carbons (Fsp3) is 0.500. The Hall–Kier alpha value is -0.300. The minimum absolute atomic E-state index is 0.694. The van der Waals surface area contributed by atoms with Crippen LogP contribution in [0.1, 0.15) is 24.5 Å². The third-order valence-electron chi connectivity index (χ3n) is 2.98. The van der Waals surface area contributed by atoms with Gasteiger partial charge in [-0.25, -0.2) is 0 Å². The van der Waals surface area contributed by atoms with Gasteiger partial charge >= 0.3 is 0 Å². The first kappa shape index (κ1) is 9.26. The fourth-order valence-corrected chi connectivity index (χ4v) is 2.56. The maximum Gasteiger partial charge on any atom is 0.0177 e. The Morgan fingerprint density at radius 2 is 1.85 bits per heavy atom. The molecule has 0 radical (unpaired) electrons. The van der Waals surface area contributed by atoms with Crippen LogP contribution < -0.4 is 0 Å². The van der Waals surface area contributed by atoms with Crippen LogP contribution in [0, 0.1) is 5.92 Å². The molecule has 0 spiro atoms. The fourth-order valence-electron chi connectivity index (χ4n) is 2.18. The second kappa shape index (κ2) is 3.83. The molecule has 0 aromatic heterocycles. The van der Waals surface area contributed by atoms with Crippen molar-refractivity contribution < 1.29 is 0 Å². The number of alkyl halides is 1. The van der Waals surface area contributed by atoms with Crippen molar-refractivity contribution in [2.75, 3.05) is 0 Å². The summed E-state index contributed by atoms with van der Waals surface area (Å²) in [5, 5.41) is 0. The highest BCUT2D eigenvalue weighted by Gasteiger charge is 2.25. The van der Waals surface area contributed by atoms with E-state index in [1.54, 1.807) is 11.1 Å². The molecule has 1 aliphatic carbocycles. The Balaban J connectivity index is 2.14. The highest BCUT2D eigenvalue weighted by molar-refractivity contribution is 9.09. The molecule has 13 heavy (non-hydrogen) atoms. The van der Waals surface area contributed by atoms with Gasteiger partial charge in [0.2, 0.25) is 0 Å². The van der Waals surface area contributed by atoms with Crippen LogP contribution in [-0.4, -0.2) is 4.83 Å². The lowest BCUT2D eigenvalue weighted by molar-refractivity contribution is 0.529. The Bertz CT molecular complexity index is 268. The summed E-state index contributed by atoms with van der Waals surface area (Å²) in [5.74, 6) is 0.822. The number of hydrogen-bond acceptors (Lipinski definition) is 0.